The maximum atomic E-state index is 13.3. The third-order valence-electron chi connectivity index (χ3n) is 6.48. The van der Waals surface area contributed by atoms with Crippen LogP contribution in [0.2, 0.25) is 0 Å². The molecular weight excluding hydrogens is 415 g/mol. The van der Waals surface area contributed by atoms with E-state index >= 15 is 0 Å². The Hall–Kier alpha value is -2.28. The third kappa shape index (κ3) is 3.75. The highest BCUT2D eigenvalue weighted by Crippen LogP contribution is 2.50. The number of carbonyl (C=O) groups is 1. The van der Waals surface area contributed by atoms with Gasteiger partial charge in [-0.15, -0.1) is 11.6 Å². The summed E-state index contributed by atoms with van der Waals surface area (Å²) >= 11 is 6.38. The van der Waals surface area contributed by atoms with E-state index in [2.05, 4.69) is 5.10 Å². The summed E-state index contributed by atoms with van der Waals surface area (Å²) in [5, 5.41) is 4.77. The van der Waals surface area contributed by atoms with Crippen LogP contribution in [0.4, 0.5) is 13.2 Å². The fourth-order valence-electron chi connectivity index (χ4n) is 4.86. The van der Waals surface area contributed by atoms with Gasteiger partial charge in [-0.1, -0.05) is 36.4 Å². The molecular formula is C22H23ClF3N3O. The largest absolute Gasteiger partial charge is 0.416 e. The number of nitrogens with zero attached hydrogens (tertiary/aromatic N) is 2. The summed E-state index contributed by atoms with van der Waals surface area (Å²) < 4.78 is 41.9. The molecule has 2 unspecified atom stereocenters. The quantitative estimate of drug-likeness (QED) is 0.686. The maximum absolute atomic E-state index is 13.3. The highest BCUT2D eigenvalue weighted by molar-refractivity contribution is 6.24. The fraction of sp³-hybridized carbons (Fsp3) is 0.455. The summed E-state index contributed by atoms with van der Waals surface area (Å²) in [4.78, 5) is 12.4. The maximum Gasteiger partial charge on any atom is 0.416 e. The van der Waals surface area contributed by atoms with Crippen LogP contribution in [0.3, 0.4) is 0 Å². The van der Waals surface area contributed by atoms with Crippen LogP contribution in [-0.4, -0.2) is 27.2 Å². The van der Waals surface area contributed by atoms with Crippen LogP contribution in [0.1, 0.15) is 25.7 Å². The van der Waals surface area contributed by atoms with Crippen molar-refractivity contribution in [2.24, 2.45) is 23.0 Å². The summed E-state index contributed by atoms with van der Waals surface area (Å²) in [6.45, 7) is 0.735. The summed E-state index contributed by atoms with van der Waals surface area (Å²) in [7, 11) is 0. The van der Waals surface area contributed by atoms with Gasteiger partial charge in [-0.2, -0.15) is 18.3 Å². The van der Waals surface area contributed by atoms with E-state index in [1.807, 2.05) is 35.1 Å². The fourth-order valence-corrected chi connectivity index (χ4v) is 5.28. The van der Waals surface area contributed by atoms with Crippen molar-refractivity contribution in [3.05, 3.63) is 54.3 Å². The number of carbonyl (C=O) groups excluding carboxylic acids is 1. The number of alkyl halides is 4. The van der Waals surface area contributed by atoms with Gasteiger partial charge in [0.1, 0.15) is 0 Å². The van der Waals surface area contributed by atoms with E-state index < -0.39 is 28.4 Å². The number of rotatable bonds is 4. The summed E-state index contributed by atoms with van der Waals surface area (Å²) in [5.41, 5.74) is 4.20. The molecule has 0 radical (unpaired) electrons. The first-order valence-electron chi connectivity index (χ1n) is 10.0. The van der Waals surface area contributed by atoms with Crippen molar-refractivity contribution < 1.29 is 18.0 Å². The van der Waals surface area contributed by atoms with Gasteiger partial charge in [0.25, 0.3) is 0 Å². The minimum Gasteiger partial charge on any atom is -0.369 e. The van der Waals surface area contributed by atoms with Crippen molar-refractivity contribution >= 4 is 28.4 Å². The molecule has 160 valence electrons. The van der Waals surface area contributed by atoms with Gasteiger partial charge in [0.2, 0.25) is 5.91 Å². The first-order chi connectivity index (χ1) is 14.2. The highest BCUT2D eigenvalue weighted by Gasteiger charge is 2.51. The van der Waals surface area contributed by atoms with Crippen molar-refractivity contribution in [3.8, 4) is 0 Å². The molecule has 2 aliphatic carbocycles. The van der Waals surface area contributed by atoms with E-state index in [4.69, 9.17) is 17.3 Å². The van der Waals surface area contributed by atoms with Gasteiger partial charge in [0, 0.05) is 18.1 Å². The number of aromatic nitrogens is 2. The Bertz CT molecular complexity index is 971. The summed E-state index contributed by atoms with van der Waals surface area (Å²) in [6, 6.07) is 7.88. The Morgan fingerprint density at radius 2 is 1.93 bits per heavy atom. The molecule has 2 aliphatic rings. The molecule has 2 N–H and O–H groups in total. The van der Waals surface area contributed by atoms with Gasteiger partial charge >= 0.3 is 6.18 Å². The second kappa shape index (κ2) is 7.76. The number of nitrogens with two attached hydrogens (primary N) is 1. The first-order valence-corrected chi connectivity index (χ1v) is 10.5. The number of amides is 1. The van der Waals surface area contributed by atoms with Gasteiger partial charge in [-0.05, 0) is 43.6 Å². The number of primary amides is 1. The lowest BCUT2D eigenvalue weighted by molar-refractivity contribution is -0.128. The zero-order chi connectivity index (χ0) is 21.5. The van der Waals surface area contributed by atoms with Gasteiger partial charge in [-0.25, -0.2) is 0 Å². The monoisotopic (exact) mass is 437 g/mol. The molecule has 0 spiro atoms. The second-order valence-electron chi connectivity index (χ2n) is 8.28. The van der Waals surface area contributed by atoms with Gasteiger partial charge in [-0.3, -0.25) is 9.48 Å². The number of halogens is 4. The van der Waals surface area contributed by atoms with E-state index in [0.717, 1.165) is 42.4 Å². The number of allylic oxidation sites excluding steroid dienone is 3. The van der Waals surface area contributed by atoms with E-state index in [1.165, 1.54) is 6.08 Å². The van der Waals surface area contributed by atoms with E-state index in [0.29, 0.717) is 18.8 Å². The minimum absolute atomic E-state index is 0.326. The average Bonchev–Trinajstić information content (AvgIpc) is 3.10. The molecule has 0 saturated heterocycles. The van der Waals surface area contributed by atoms with E-state index in [-0.39, 0.29) is 5.92 Å². The van der Waals surface area contributed by atoms with Crippen LogP contribution in [0.15, 0.2) is 54.3 Å². The molecule has 1 heterocycles. The van der Waals surface area contributed by atoms with E-state index in [9.17, 15) is 18.0 Å². The van der Waals surface area contributed by atoms with Gasteiger partial charge in [0.15, 0.2) is 0 Å². The molecule has 4 nitrogen and oxygen atoms in total. The van der Waals surface area contributed by atoms with Crippen molar-refractivity contribution in [2.45, 2.75) is 43.8 Å². The van der Waals surface area contributed by atoms with Crippen molar-refractivity contribution in [1.29, 1.82) is 0 Å². The molecule has 2 aromatic rings. The van der Waals surface area contributed by atoms with Crippen molar-refractivity contribution in [1.82, 2.24) is 9.78 Å². The van der Waals surface area contributed by atoms with Crippen LogP contribution in [0.5, 0.6) is 0 Å². The van der Waals surface area contributed by atoms with Crippen LogP contribution >= 0.6 is 11.6 Å². The molecule has 0 aliphatic heterocycles. The molecule has 1 aromatic heterocycles. The second-order valence-corrected chi connectivity index (χ2v) is 8.75. The van der Waals surface area contributed by atoms with Crippen molar-refractivity contribution in [3.63, 3.8) is 0 Å². The van der Waals surface area contributed by atoms with Crippen LogP contribution in [0, 0.1) is 17.3 Å². The SMILES string of the molecule is NC(=O)C1(C2CCC(Cn3cc4ccccc4n3)CC2)C=C(C(F)(F)F)C=CC1Cl. The Morgan fingerprint density at radius 3 is 2.57 bits per heavy atom. The van der Waals surface area contributed by atoms with Crippen LogP contribution in [0.25, 0.3) is 10.9 Å². The lowest BCUT2D eigenvalue weighted by Crippen LogP contribution is -2.50. The number of fused-ring (bicyclic) bond motifs is 1. The zero-order valence-electron chi connectivity index (χ0n) is 16.3. The first kappa shape index (κ1) is 21.0. The highest BCUT2D eigenvalue weighted by atomic mass is 35.5. The molecule has 30 heavy (non-hydrogen) atoms. The molecule has 1 saturated carbocycles. The molecule has 1 aromatic carbocycles. The number of hydrogen-bond donors (Lipinski definition) is 1. The summed E-state index contributed by atoms with van der Waals surface area (Å²) in [6.07, 6.45) is 3.34. The average molecular weight is 438 g/mol. The number of hydrogen-bond acceptors (Lipinski definition) is 2. The lowest BCUT2D eigenvalue weighted by Gasteiger charge is -2.43. The number of benzene rings is 1. The molecule has 8 heteroatoms. The Labute approximate surface area is 177 Å². The smallest absolute Gasteiger partial charge is 0.369 e. The van der Waals surface area contributed by atoms with E-state index in [1.54, 1.807) is 0 Å². The summed E-state index contributed by atoms with van der Waals surface area (Å²) in [5.74, 6) is -0.789. The normalized spacial score (nSPS) is 29.7. The molecule has 1 amide bonds. The van der Waals surface area contributed by atoms with Crippen LogP contribution < -0.4 is 5.73 Å². The third-order valence-corrected chi connectivity index (χ3v) is 6.98. The van der Waals surface area contributed by atoms with Crippen LogP contribution in [-0.2, 0) is 11.3 Å². The van der Waals surface area contributed by atoms with Gasteiger partial charge < -0.3 is 5.73 Å². The van der Waals surface area contributed by atoms with Crippen molar-refractivity contribution in [2.75, 3.05) is 0 Å². The Balaban J connectivity index is 1.50. The zero-order valence-corrected chi connectivity index (χ0v) is 17.0. The predicted molar refractivity (Wildman–Crippen MR) is 110 cm³/mol. The molecule has 0 bridgehead atoms. The standard InChI is InChI=1S/C22H23ClF3N3O/c23-19-10-9-17(22(24,25)26)11-21(19,20(27)30)16-7-5-14(6-8-16)12-29-13-15-3-1-2-4-18(15)28-29/h1-4,9-11,13-14,16,19H,5-8,12H2,(H2,27,30). The molecule has 1 fully saturated rings. The molecule has 2 atom stereocenters. The molecule has 4 rings (SSSR count). The Morgan fingerprint density at radius 1 is 1.23 bits per heavy atom. The lowest BCUT2D eigenvalue weighted by atomic mass is 9.62. The minimum atomic E-state index is -4.55. The Kier molecular flexibility index (Phi) is 5.43. The predicted octanol–water partition coefficient (Wildman–Crippen LogP) is 4.98. The topological polar surface area (TPSA) is 60.9 Å². The van der Waals surface area contributed by atoms with Gasteiger partial charge in [0.05, 0.1) is 21.9 Å².